The van der Waals surface area contributed by atoms with Crippen LogP contribution in [0.15, 0.2) is 4.42 Å². The van der Waals surface area contributed by atoms with Crippen molar-refractivity contribution >= 4 is 17.5 Å². The van der Waals surface area contributed by atoms with E-state index in [9.17, 15) is 4.79 Å². The van der Waals surface area contributed by atoms with Crippen LogP contribution in [0.3, 0.4) is 0 Å². The lowest BCUT2D eigenvalue weighted by atomic mass is 10.3. The van der Waals surface area contributed by atoms with E-state index in [0.29, 0.717) is 23.9 Å². The normalized spacial score (nSPS) is 12.6. The molecule has 1 heterocycles. The number of rotatable bonds is 3. The first-order valence-electron chi connectivity index (χ1n) is 4.75. The highest BCUT2D eigenvalue weighted by Crippen LogP contribution is 2.12. The van der Waals surface area contributed by atoms with E-state index >= 15 is 0 Å². The van der Waals surface area contributed by atoms with Crippen LogP contribution < -0.4 is 0 Å². The Kier molecular flexibility index (Phi) is 3.74. The number of aryl methyl sites for hydroxylation is 2. The lowest BCUT2D eigenvalue weighted by Crippen LogP contribution is -2.31. The van der Waals surface area contributed by atoms with Gasteiger partial charge >= 0.3 is 0 Å². The average molecular weight is 231 g/mol. The Hall–Kier alpha value is -1.03. The minimum absolute atomic E-state index is 0.0803. The summed E-state index contributed by atoms with van der Waals surface area (Å²) in [6, 6.07) is 0. The monoisotopic (exact) mass is 230 g/mol. The number of aromatic nitrogens is 1. The van der Waals surface area contributed by atoms with Crippen LogP contribution in [0.1, 0.15) is 29.1 Å². The first-order chi connectivity index (χ1) is 6.91. The van der Waals surface area contributed by atoms with Crippen LogP contribution in [-0.2, 0) is 0 Å². The zero-order valence-electron chi connectivity index (χ0n) is 9.37. The van der Waals surface area contributed by atoms with Crippen molar-refractivity contribution in [3.05, 3.63) is 17.3 Å². The molecule has 0 aliphatic rings. The summed E-state index contributed by atoms with van der Waals surface area (Å²) in [6.45, 7) is 5.79. The van der Waals surface area contributed by atoms with E-state index in [1.165, 1.54) is 4.90 Å². The fourth-order valence-electron chi connectivity index (χ4n) is 1.36. The van der Waals surface area contributed by atoms with Crippen LogP contribution in [0.25, 0.3) is 0 Å². The molecule has 0 aliphatic carbocycles. The summed E-state index contributed by atoms with van der Waals surface area (Å²) < 4.78 is 5.23. The van der Waals surface area contributed by atoms with Gasteiger partial charge in [0, 0.05) is 25.9 Å². The van der Waals surface area contributed by atoms with Gasteiger partial charge in [0.25, 0.3) is 5.91 Å². The number of amides is 1. The van der Waals surface area contributed by atoms with Crippen LogP contribution >= 0.6 is 11.6 Å². The van der Waals surface area contributed by atoms with Crippen LogP contribution in [-0.4, -0.2) is 34.8 Å². The molecule has 1 aromatic rings. The molecule has 1 amide bonds. The second-order valence-corrected chi connectivity index (χ2v) is 4.36. The van der Waals surface area contributed by atoms with Gasteiger partial charge in [-0.3, -0.25) is 4.79 Å². The molecule has 0 fully saturated rings. The molecule has 1 aromatic heterocycles. The topological polar surface area (TPSA) is 46.3 Å². The van der Waals surface area contributed by atoms with Crippen LogP contribution in [0.5, 0.6) is 0 Å². The molecule has 0 aromatic carbocycles. The van der Waals surface area contributed by atoms with Crippen molar-refractivity contribution in [1.29, 1.82) is 0 Å². The summed E-state index contributed by atoms with van der Waals surface area (Å²) in [5.41, 5.74) is 0.617. The van der Waals surface area contributed by atoms with Crippen molar-refractivity contribution in [2.45, 2.75) is 26.1 Å². The molecule has 1 unspecified atom stereocenters. The third-order valence-corrected chi connectivity index (χ3v) is 2.11. The van der Waals surface area contributed by atoms with E-state index in [4.69, 9.17) is 16.0 Å². The van der Waals surface area contributed by atoms with Crippen LogP contribution in [0, 0.1) is 13.8 Å². The second-order valence-electron chi connectivity index (χ2n) is 3.61. The molecule has 1 atom stereocenters. The second kappa shape index (κ2) is 4.66. The fraction of sp³-hybridized carbons (Fsp3) is 0.600. The Morgan fingerprint density at radius 3 is 2.60 bits per heavy atom. The Morgan fingerprint density at radius 1 is 1.60 bits per heavy atom. The lowest BCUT2D eigenvalue weighted by Gasteiger charge is -2.16. The summed E-state index contributed by atoms with van der Waals surface area (Å²) >= 11 is 5.81. The summed E-state index contributed by atoms with van der Waals surface area (Å²) in [4.78, 5) is 17.4. The Bertz CT molecular complexity index is 360. The standard InChI is InChI=1S/C10H15ClN2O2/c1-6(11)5-13(4)10(14)9-7(2)12-8(3)15-9/h6H,5H2,1-4H3. The van der Waals surface area contributed by atoms with Crippen molar-refractivity contribution in [2.24, 2.45) is 0 Å². The number of carbonyl (C=O) groups excluding carboxylic acids is 1. The SMILES string of the molecule is Cc1nc(C)c(C(=O)N(C)CC(C)Cl)o1. The summed E-state index contributed by atoms with van der Waals surface area (Å²) in [7, 11) is 1.69. The van der Waals surface area contributed by atoms with Gasteiger partial charge in [-0.05, 0) is 13.8 Å². The predicted molar refractivity (Wildman–Crippen MR) is 58.3 cm³/mol. The number of nitrogens with zero attached hydrogens (tertiary/aromatic N) is 2. The number of halogens is 1. The quantitative estimate of drug-likeness (QED) is 0.746. The summed E-state index contributed by atoms with van der Waals surface area (Å²) in [5, 5.41) is -0.0803. The molecule has 0 radical (unpaired) electrons. The minimum atomic E-state index is -0.180. The van der Waals surface area contributed by atoms with Gasteiger partial charge < -0.3 is 9.32 Å². The van der Waals surface area contributed by atoms with Gasteiger partial charge in [0.05, 0.1) is 5.69 Å². The maximum Gasteiger partial charge on any atom is 0.291 e. The van der Waals surface area contributed by atoms with Gasteiger partial charge in [-0.2, -0.15) is 0 Å². The van der Waals surface area contributed by atoms with Crippen LogP contribution in [0.4, 0.5) is 0 Å². The molecule has 84 valence electrons. The highest BCUT2D eigenvalue weighted by Gasteiger charge is 2.20. The van der Waals surface area contributed by atoms with Crippen molar-refractivity contribution in [1.82, 2.24) is 9.88 Å². The first kappa shape index (κ1) is 12.0. The predicted octanol–water partition coefficient (Wildman–Crippen LogP) is 1.99. The molecule has 15 heavy (non-hydrogen) atoms. The van der Waals surface area contributed by atoms with Crippen molar-refractivity contribution in [3.8, 4) is 0 Å². The number of oxazole rings is 1. The number of alkyl halides is 1. The Morgan fingerprint density at radius 2 is 2.20 bits per heavy atom. The highest BCUT2D eigenvalue weighted by atomic mass is 35.5. The average Bonchev–Trinajstić information content (AvgIpc) is 2.42. The molecular formula is C10H15ClN2O2. The molecule has 0 N–H and O–H groups in total. The zero-order valence-corrected chi connectivity index (χ0v) is 10.1. The van der Waals surface area contributed by atoms with Crippen LogP contribution in [0.2, 0.25) is 0 Å². The summed E-state index contributed by atoms with van der Waals surface area (Å²) in [6.07, 6.45) is 0. The van der Waals surface area contributed by atoms with Gasteiger partial charge in [0.2, 0.25) is 5.76 Å². The maximum absolute atomic E-state index is 11.8. The number of hydrogen-bond donors (Lipinski definition) is 0. The Balaban J connectivity index is 2.80. The molecular weight excluding hydrogens is 216 g/mol. The zero-order chi connectivity index (χ0) is 11.6. The molecule has 0 saturated carbocycles. The number of hydrogen-bond acceptors (Lipinski definition) is 3. The van der Waals surface area contributed by atoms with E-state index in [-0.39, 0.29) is 11.3 Å². The third kappa shape index (κ3) is 2.96. The van der Waals surface area contributed by atoms with Gasteiger partial charge in [-0.25, -0.2) is 4.98 Å². The fourth-order valence-corrected chi connectivity index (χ4v) is 1.57. The lowest BCUT2D eigenvalue weighted by molar-refractivity contribution is 0.0762. The van der Waals surface area contributed by atoms with Gasteiger partial charge in [-0.1, -0.05) is 0 Å². The molecule has 4 nitrogen and oxygen atoms in total. The van der Waals surface area contributed by atoms with E-state index in [1.807, 2.05) is 6.92 Å². The van der Waals surface area contributed by atoms with Crippen molar-refractivity contribution < 1.29 is 9.21 Å². The molecule has 0 spiro atoms. The highest BCUT2D eigenvalue weighted by molar-refractivity contribution is 6.20. The summed E-state index contributed by atoms with van der Waals surface area (Å²) in [5.74, 6) is 0.621. The van der Waals surface area contributed by atoms with E-state index in [1.54, 1.807) is 20.9 Å². The molecule has 1 rings (SSSR count). The van der Waals surface area contributed by atoms with E-state index < -0.39 is 0 Å². The molecule has 0 bridgehead atoms. The third-order valence-electron chi connectivity index (χ3n) is 1.97. The molecule has 0 saturated heterocycles. The van der Waals surface area contributed by atoms with Crippen molar-refractivity contribution in [3.63, 3.8) is 0 Å². The van der Waals surface area contributed by atoms with Gasteiger partial charge in [0.15, 0.2) is 5.89 Å². The minimum Gasteiger partial charge on any atom is -0.436 e. The first-order valence-corrected chi connectivity index (χ1v) is 5.19. The largest absolute Gasteiger partial charge is 0.436 e. The van der Waals surface area contributed by atoms with E-state index in [2.05, 4.69) is 4.98 Å². The number of carbonyl (C=O) groups is 1. The van der Waals surface area contributed by atoms with E-state index in [0.717, 1.165) is 0 Å². The maximum atomic E-state index is 11.8. The van der Waals surface area contributed by atoms with Gasteiger partial charge in [-0.15, -0.1) is 11.6 Å². The Labute approximate surface area is 94.2 Å². The molecule has 0 aliphatic heterocycles. The smallest absolute Gasteiger partial charge is 0.291 e. The van der Waals surface area contributed by atoms with Gasteiger partial charge in [0.1, 0.15) is 0 Å². The van der Waals surface area contributed by atoms with Crippen molar-refractivity contribution in [2.75, 3.05) is 13.6 Å². The molecule has 5 heteroatoms.